The lowest BCUT2D eigenvalue weighted by Gasteiger charge is -2.13. The Kier molecular flexibility index (Phi) is 6.62. The maximum absolute atomic E-state index is 12.7. The van der Waals surface area contributed by atoms with Crippen LogP contribution in [0.25, 0.3) is 6.08 Å². The molecule has 30 heavy (non-hydrogen) atoms. The van der Waals surface area contributed by atoms with Crippen LogP contribution in [0.15, 0.2) is 41.3 Å². The number of hydrogen-bond acceptors (Lipinski definition) is 5. The molecule has 156 valence electrons. The molecule has 0 aliphatic carbocycles. The van der Waals surface area contributed by atoms with Crippen LogP contribution < -0.4 is 10.1 Å². The first-order valence-corrected chi connectivity index (χ1v) is 10.5. The van der Waals surface area contributed by atoms with Gasteiger partial charge in [0.05, 0.1) is 11.5 Å². The summed E-state index contributed by atoms with van der Waals surface area (Å²) < 4.78 is 5.37. The summed E-state index contributed by atoms with van der Waals surface area (Å²) in [7, 11) is 0. The maximum atomic E-state index is 12.7. The Hall–Kier alpha value is -3.06. The molecule has 0 spiro atoms. The van der Waals surface area contributed by atoms with Crippen LogP contribution in [0.3, 0.4) is 0 Å². The van der Waals surface area contributed by atoms with Crippen molar-refractivity contribution >= 4 is 40.6 Å². The SMILES string of the molecule is CCOc1ccc(NC(=O)CN2C(=O)S/C(=C/c3c(C)cc(C)cc3C)C2=O)cc1. The third-order valence-corrected chi connectivity index (χ3v) is 5.55. The summed E-state index contributed by atoms with van der Waals surface area (Å²) in [5, 5.41) is 2.25. The average Bonchev–Trinajstić information content (AvgIpc) is 2.94. The van der Waals surface area contributed by atoms with Crippen LogP contribution in [0.2, 0.25) is 0 Å². The van der Waals surface area contributed by atoms with Crippen LogP contribution in [0.4, 0.5) is 10.5 Å². The number of carbonyl (C=O) groups excluding carboxylic acids is 3. The molecule has 0 saturated carbocycles. The lowest BCUT2D eigenvalue weighted by molar-refractivity contribution is -0.127. The second-order valence-electron chi connectivity index (χ2n) is 7.09. The molecule has 1 aliphatic heterocycles. The first kappa shape index (κ1) is 21.6. The minimum atomic E-state index is -0.453. The predicted octanol–water partition coefficient (Wildman–Crippen LogP) is 4.69. The Balaban J connectivity index is 1.70. The highest BCUT2D eigenvalue weighted by Crippen LogP contribution is 2.33. The van der Waals surface area contributed by atoms with Crippen molar-refractivity contribution in [2.24, 2.45) is 0 Å². The molecule has 1 heterocycles. The van der Waals surface area contributed by atoms with E-state index >= 15 is 0 Å². The zero-order valence-electron chi connectivity index (χ0n) is 17.4. The van der Waals surface area contributed by atoms with Gasteiger partial charge in [0.15, 0.2) is 0 Å². The molecule has 3 rings (SSSR count). The van der Waals surface area contributed by atoms with Crippen molar-refractivity contribution in [3.63, 3.8) is 0 Å². The fourth-order valence-corrected chi connectivity index (χ4v) is 4.15. The quantitative estimate of drug-likeness (QED) is 0.681. The van der Waals surface area contributed by atoms with Gasteiger partial charge in [0.2, 0.25) is 5.91 Å². The number of imide groups is 1. The van der Waals surface area contributed by atoms with Crippen molar-refractivity contribution in [3.05, 3.63) is 63.6 Å². The largest absolute Gasteiger partial charge is 0.494 e. The van der Waals surface area contributed by atoms with Gasteiger partial charge >= 0.3 is 0 Å². The smallest absolute Gasteiger partial charge is 0.294 e. The third kappa shape index (κ3) is 4.91. The predicted molar refractivity (Wildman–Crippen MR) is 120 cm³/mol. The first-order valence-electron chi connectivity index (χ1n) is 9.64. The molecule has 0 aromatic heterocycles. The lowest BCUT2D eigenvalue weighted by Crippen LogP contribution is -2.36. The number of nitrogens with one attached hydrogen (secondary N) is 1. The second kappa shape index (κ2) is 9.17. The molecule has 1 fully saturated rings. The summed E-state index contributed by atoms with van der Waals surface area (Å²) >= 11 is 0.856. The Bertz CT molecular complexity index is 1000. The number of carbonyl (C=O) groups is 3. The fraction of sp³-hybridized carbons (Fsp3) is 0.261. The van der Waals surface area contributed by atoms with E-state index in [1.165, 1.54) is 0 Å². The van der Waals surface area contributed by atoms with E-state index in [1.807, 2.05) is 39.8 Å². The number of amides is 3. The first-order chi connectivity index (χ1) is 14.3. The maximum Gasteiger partial charge on any atom is 0.294 e. The Morgan fingerprint density at radius 1 is 1.10 bits per heavy atom. The summed E-state index contributed by atoms with van der Waals surface area (Å²) in [6.45, 7) is 8.07. The van der Waals surface area contributed by atoms with Gasteiger partial charge in [0, 0.05) is 5.69 Å². The van der Waals surface area contributed by atoms with E-state index in [0.717, 1.165) is 38.9 Å². The minimum Gasteiger partial charge on any atom is -0.494 e. The minimum absolute atomic E-state index is 0.323. The van der Waals surface area contributed by atoms with E-state index in [0.29, 0.717) is 22.9 Å². The molecule has 2 aromatic carbocycles. The van der Waals surface area contributed by atoms with Gasteiger partial charge in [-0.3, -0.25) is 19.3 Å². The van der Waals surface area contributed by atoms with E-state index in [2.05, 4.69) is 5.32 Å². The number of thioether (sulfide) groups is 1. The van der Waals surface area contributed by atoms with Crippen molar-refractivity contribution in [2.45, 2.75) is 27.7 Å². The monoisotopic (exact) mass is 424 g/mol. The molecule has 7 heteroatoms. The molecule has 2 aromatic rings. The summed E-state index contributed by atoms with van der Waals surface area (Å²) in [6.07, 6.45) is 1.74. The molecule has 0 unspecified atom stereocenters. The summed E-state index contributed by atoms with van der Waals surface area (Å²) in [6, 6.07) is 11.0. The molecule has 0 radical (unpaired) electrons. The van der Waals surface area contributed by atoms with E-state index in [1.54, 1.807) is 30.3 Å². The molecule has 0 atom stereocenters. The highest BCUT2D eigenvalue weighted by molar-refractivity contribution is 8.18. The van der Waals surface area contributed by atoms with Gasteiger partial charge in [0.1, 0.15) is 12.3 Å². The van der Waals surface area contributed by atoms with Crippen molar-refractivity contribution in [3.8, 4) is 5.75 Å². The van der Waals surface area contributed by atoms with Crippen LogP contribution in [-0.2, 0) is 9.59 Å². The molecule has 6 nitrogen and oxygen atoms in total. The molecular weight excluding hydrogens is 400 g/mol. The molecule has 1 aliphatic rings. The van der Waals surface area contributed by atoms with Gasteiger partial charge < -0.3 is 10.1 Å². The van der Waals surface area contributed by atoms with Gasteiger partial charge in [0.25, 0.3) is 11.1 Å². The number of ether oxygens (including phenoxy) is 1. The number of nitrogens with zero attached hydrogens (tertiary/aromatic N) is 1. The van der Waals surface area contributed by atoms with E-state index in [-0.39, 0.29) is 6.54 Å². The highest BCUT2D eigenvalue weighted by atomic mass is 32.2. The van der Waals surface area contributed by atoms with Crippen molar-refractivity contribution in [2.75, 3.05) is 18.5 Å². The summed E-state index contributed by atoms with van der Waals surface area (Å²) in [5.41, 5.74) is 4.70. The number of aryl methyl sites for hydroxylation is 3. The Labute approximate surface area is 180 Å². The zero-order valence-corrected chi connectivity index (χ0v) is 18.3. The summed E-state index contributed by atoms with van der Waals surface area (Å²) in [5.74, 6) is -0.190. The van der Waals surface area contributed by atoms with Crippen LogP contribution >= 0.6 is 11.8 Å². The van der Waals surface area contributed by atoms with Gasteiger partial charge in [-0.2, -0.15) is 0 Å². The molecule has 1 saturated heterocycles. The topological polar surface area (TPSA) is 75.7 Å². The van der Waals surface area contributed by atoms with Crippen LogP contribution in [-0.4, -0.2) is 35.1 Å². The van der Waals surface area contributed by atoms with Gasteiger partial charge in [-0.1, -0.05) is 17.7 Å². The molecule has 1 N–H and O–H groups in total. The zero-order chi connectivity index (χ0) is 21.8. The standard InChI is InChI=1S/C23H24N2O4S/c1-5-29-18-8-6-17(7-9-18)24-21(26)13-25-22(27)20(30-23(25)28)12-19-15(3)10-14(2)11-16(19)4/h6-12H,5,13H2,1-4H3,(H,24,26)/b20-12+. The Morgan fingerprint density at radius 2 is 1.73 bits per heavy atom. The van der Waals surface area contributed by atoms with Gasteiger partial charge in [-0.05, 0) is 86.5 Å². The van der Waals surface area contributed by atoms with Crippen molar-refractivity contribution in [1.82, 2.24) is 4.90 Å². The van der Waals surface area contributed by atoms with E-state index in [4.69, 9.17) is 4.74 Å². The van der Waals surface area contributed by atoms with Crippen LogP contribution in [0, 0.1) is 20.8 Å². The van der Waals surface area contributed by atoms with Gasteiger partial charge in [-0.15, -0.1) is 0 Å². The third-order valence-electron chi connectivity index (χ3n) is 4.64. The van der Waals surface area contributed by atoms with Crippen LogP contribution in [0.5, 0.6) is 5.75 Å². The Morgan fingerprint density at radius 3 is 2.33 bits per heavy atom. The number of rotatable bonds is 6. The van der Waals surface area contributed by atoms with Crippen LogP contribution in [0.1, 0.15) is 29.2 Å². The number of anilines is 1. The van der Waals surface area contributed by atoms with E-state index < -0.39 is 17.1 Å². The fourth-order valence-electron chi connectivity index (χ4n) is 3.33. The lowest BCUT2D eigenvalue weighted by atomic mass is 9.99. The molecular formula is C23H24N2O4S. The number of benzene rings is 2. The molecule has 0 bridgehead atoms. The van der Waals surface area contributed by atoms with Crippen molar-refractivity contribution in [1.29, 1.82) is 0 Å². The summed E-state index contributed by atoms with van der Waals surface area (Å²) in [4.78, 5) is 38.7. The molecule has 3 amide bonds. The number of hydrogen-bond donors (Lipinski definition) is 1. The second-order valence-corrected chi connectivity index (χ2v) is 8.08. The average molecular weight is 425 g/mol. The van der Waals surface area contributed by atoms with Gasteiger partial charge in [-0.25, -0.2) is 0 Å². The normalized spacial score (nSPS) is 15.1. The van der Waals surface area contributed by atoms with E-state index in [9.17, 15) is 14.4 Å². The highest BCUT2D eigenvalue weighted by Gasteiger charge is 2.36. The van der Waals surface area contributed by atoms with Crippen molar-refractivity contribution < 1.29 is 19.1 Å².